The van der Waals surface area contributed by atoms with Crippen LogP contribution < -0.4 is 10.1 Å². The molecule has 1 heterocycles. The molecular weight excluding hydrogens is 394 g/mol. The van der Waals surface area contributed by atoms with Crippen molar-refractivity contribution < 1.29 is 19.1 Å². The van der Waals surface area contributed by atoms with Gasteiger partial charge in [-0.1, -0.05) is 6.07 Å². The normalized spacial score (nSPS) is 10.6. The van der Waals surface area contributed by atoms with Crippen LogP contribution in [0.2, 0.25) is 0 Å². The summed E-state index contributed by atoms with van der Waals surface area (Å²) in [7, 11) is 0. The highest BCUT2D eigenvalue weighted by Crippen LogP contribution is 2.23. The lowest BCUT2D eigenvalue weighted by Gasteiger charge is -2.08. The molecule has 0 atom stereocenters. The summed E-state index contributed by atoms with van der Waals surface area (Å²) in [6.45, 7) is 1.88. The molecule has 0 bridgehead atoms. The smallest absolute Gasteiger partial charge is 0.344 e. The summed E-state index contributed by atoms with van der Waals surface area (Å²) in [5.41, 5.74) is 0.582. The number of anilines is 1. The van der Waals surface area contributed by atoms with Crippen molar-refractivity contribution in [2.75, 3.05) is 18.5 Å². The van der Waals surface area contributed by atoms with Gasteiger partial charge in [0, 0.05) is 22.7 Å². The predicted octanol–water partition coefficient (Wildman–Crippen LogP) is 4.10. The van der Waals surface area contributed by atoms with E-state index in [-0.39, 0.29) is 12.5 Å². The monoisotopic (exact) mass is 409 g/mol. The van der Waals surface area contributed by atoms with Crippen LogP contribution in [-0.4, -0.2) is 25.1 Å². The largest absolute Gasteiger partial charge is 0.482 e. The number of amides is 1. The molecule has 2 rings (SSSR count). The lowest BCUT2D eigenvalue weighted by atomic mass is 10.3. The van der Waals surface area contributed by atoms with Crippen molar-refractivity contribution in [3.63, 3.8) is 0 Å². The van der Waals surface area contributed by atoms with Gasteiger partial charge in [-0.25, -0.2) is 4.79 Å². The summed E-state index contributed by atoms with van der Waals surface area (Å²) >= 11 is 4.91. The zero-order chi connectivity index (χ0) is 17.4. The number of ether oxygens (including phenoxy) is 2. The number of hydrogen-bond donors (Lipinski definition) is 1. The van der Waals surface area contributed by atoms with Crippen LogP contribution in [0.15, 0.2) is 46.3 Å². The summed E-state index contributed by atoms with van der Waals surface area (Å²) in [6.07, 6.45) is 3.20. The van der Waals surface area contributed by atoms with E-state index in [1.165, 1.54) is 17.4 Å². The van der Waals surface area contributed by atoms with Crippen molar-refractivity contribution in [2.45, 2.75) is 6.92 Å². The molecule has 2 aromatic rings. The van der Waals surface area contributed by atoms with E-state index in [2.05, 4.69) is 21.2 Å². The molecule has 126 valence electrons. The zero-order valence-corrected chi connectivity index (χ0v) is 15.4. The molecule has 5 nitrogen and oxygen atoms in total. The average Bonchev–Trinajstić information content (AvgIpc) is 2.97. The van der Waals surface area contributed by atoms with E-state index in [1.54, 1.807) is 37.3 Å². The molecule has 0 unspecified atom stereocenters. The zero-order valence-electron chi connectivity index (χ0n) is 13.0. The van der Waals surface area contributed by atoms with Gasteiger partial charge in [-0.2, -0.15) is 0 Å². The van der Waals surface area contributed by atoms with Gasteiger partial charge in [0.1, 0.15) is 5.75 Å². The topological polar surface area (TPSA) is 64.6 Å². The molecule has 0 radical (unpaired) electrons. The van der Waals surface area contributed by atoms with Crippen LogP contribution in [0.25, 0.3) is 6.08 Å². The van der Waals surface area contributed by atoms with Gasteiger partial charge in [0.15, 0.2) is 6.61 Å². The number of hydrogen-bond acceptors (Lipinski definition) is 5. The Morgan fingerprint density at radius 3 is 2.83 bits per heavy atom. The highest BCUT2D eigenvalue weighted by atomic mass is 79.9. The molecule has 0 saturated carbocycles. The summed E-state index contributed by atoms with van der Waals surface area (Å²) < 4.78 is 11.1. The number of nitrogens with one attached hydrogen (secondary N) is 1. The van der Waals surface area contributed by atoms with E-state index in [4.69, 9.17) is 9.47 Å². The molecule has 0 saturated heterocycles. The second kappa shape index (κ2) is 9.24. The van der Waals surface area contributed by atoms with Crippen LogP contribution in [0.1, 0.15) is 11.8 Å². The predicted molar refractivity (Wildman–Crippen MR) is 98.3 cm³/mol. The van der Waals surface area contributed by atoms with Crippen LogP contribution in [0.5, 0.6) is 5.75 Å². The molecule has 7 heteroatoms. The summed E-state index contributed by atoms with van der Waals surface area (Å²) in [5, 5.41) is 2.74. The molecule has 0 aliphatic rings. The highest BCUT2D eigenvalue weighted by molar-refractivity contribution is 9.11. The Kier molecular flexibility index (Phi) is 7.02. The third kappa shape index (κ3) is 6.17. The van der Waals surface area contributed by atoms with Crippen molar-refractivity contribution in [2.24, 2.45) is 0 Å². The SMILES string of the molecule is CCOC(=O)COc1cccc(NC(=O)/C=C/c2ccc(Br)s2)c1. The number of carbonyl (C=O) groups is 2. The lowest BCUT2D eigenvalue weighted by Crippen LogP contribution is -2.14. The average molecular weight is 410 g/mol. The Morgan fingerprint density at radius 2 is 2.12 bits per heavy atom. The van der Waals surface area contributed by atoms with Gasteiger partial charge in [0.2, 0.25) is 5.91 Å². The Labute approximate surface area is 152 Å². The Morgan fingerprint density at radius 1 is 1.29 bits per heavy atom. The van der Waals surface area contributed by atoms with Crippen LogP contribution >= 0.6 is 27.3 Å². The molecule has 0 aliphatic carbocycles. The van der Waals surface area contributed by atoms with Gasteiger partial charge in [-0.05, 0) is 53.2 Å². The number of carbonyl (C=O) groups excluding carboxylic acids is 2. The number of esters is 1. The molecule has 1 aromatic heterocycles. The van der Waals surface area contributed by atoms with Crippen LogP contribution in [0.3, 0.4) is 0 Å². The lowest BCUT2D eigenvalue weighted by molar-refractivity contribution is -0.145. The van der Waals surface area contributed by atoms with Crippen LogP contribution in [0, 0.1) is 0 Å². The molecular formula is C17H16BrNO4S. The molecule has 1 amide bonds. The van der Waals surface area contributed by atoms with E-state index in [0.29, 0.717) is 18.0 Å². The van der Waals surface area contributed by atoms with Crippen molar-refractivity contribution in [1.29, 1.82) is 0 Å². The maximum atomic E-state index is 11.9. The highest BCUT2D eigenvalue weighted by Gasteiger charge is 2.05. The number of thiophene rings is 1. The molecule has 0 fully saturated rings. The van der Waals surface area contributed by atoms with E-state index < -0.39 is 5.97 Å². The quantitative estimate of drug-likeness (QED) is 0.551. The first-order valence-corrected chi connectivity index (χ1v) is 8.80. The number of rotatable bonds is 7. The van der Waals surface area contributed by atoms with Crippen molar-refractivity contribution in [1.82, 2.24) is 0 Å². The van der Waals surface area contributed by atoms with E-state index in [9.17, 15) is 9.59 Å². The fourth-order valence-corrected chi connectivity index (χ4v) is 3.09. The molecule has 0 spiro atoms. The van der Waals surface area contributed by atoms with E-state index >= 15 is 0 Å². The summed E-state index contributed by atoms with van der Waals surface area (Å²) in [4.78, 5) is 24.2. The minimum atomic E-state index is -0.433. The van der Waals surface area contributed by atoms with Gasteiger partial charge < -0.3 is 14.8 Å². The van der Waals surface area contributed by atoms with Gasteiger partial charge in [0.05, 0.1) is 10.4 Å². The minimum absolute atomic E-state index is 0.168. The number of benzene rings is 1. The van der Waals surface area contributed by atoms with Gasteiger partial charge in [-0.15, -0.1) is 11.3 Å². The molecule has 1 N–H and O–H groups in total. The van der Waals surface area contributed by atoms with Crippen molar-refractivity contribution in [3.05, 3.63) is 51.1 Å². The first-order valence-electron chi connectivity index (χ1n) is 7.19. The maximum absolute atomic E-state index is 11.9. The van der Waals surface area contributed by atoms with Crippen molar-refractivity contribution in [3.8, 4) is 5.75 Å². The standard InChI is InChI=1S/C17H16BrNO4S/c1-2-22-17(21)11-23-13-5-3-4-12(10-13)19-16(20)9-7-14-6-8-15(18)24-14/h3-10H,2,11H2,1H3,(H,19,20)/b9-7+. The second-order valence-corrected chi connectivity index (χ2v) is 7.08. The van der Waals surface area contributed by atoms with Crippen LogP contribution in [0.4, 0.5) is 5.69 Å². The van der Waals surface area contributed by atoms with Gasteiger partial charge in [-0.3, -0.25) is 4.79 Å². The summed E-state index contributed by atoms with van der Waals surface area (Å²) in [5.74, 6) is -0.203. The summed E-state index contributed by atoms with van der Waals surface area (Å²) in [6, 6.07) is 10.7. The van der Waals surface area contributed by atoms with Crippen LogP contribution in [-0.2, 0) is 14.3 Å². The van der Waals surface area contributed by atoms with E-state index in [1.807, 2.05) is 12.1 Å². The van der Waals surface area contributed by atoms with Gasteiger partial charge >= 0.3 is 5.97 Å². The Hall–Kier alpha value is -2.12. The third-order valence-electron chi connectivity index (χ3n) is 2.76. The van der Waals surface area contributed by atoms with E-state index in [0.717, 1.165) is 8.66 Å². The molecule has 0 aliphatic heterocycles. The Balaban J connectivity index is 1.90. The first kappa shape index (κ1) is 18.2. The second-order valence-electron chi connectivity index (χ2n) is 4.59. The van der Waals surface area contributed by atoms with Crippen molar-refractivity contribution >= 4 is 50.9 Å². The fourth-order valence-electron chi connectivity index (χ4n) is 1.77. The minimum Gasteiger partial charge on any atom is -0.482 e. The van der Waals surface area contributed by atoms with Gasteiger partial charge in [0.25, 0.3) is 0 Å². The third-order valence-corrected chi connectivity index (χ3v) is 4.35. The Bertz CT molecular complexity index is 742. The fraction of sp³-hybridized carbons (Fsp3) is 0.176. The molecule has 1 aromatic carbocycles. The molecule has 24 heavy (non-hydrogen) atoms. The first-order chi connectivity index (χ1) is 11.6. The number of halogens is 1. The maximum Gasteiger partial charge on any atom is 0.344 e.